The maximum Gasteiger partial charge on any atom is 0.416 e. The molecule has 0 aliphatic carbocycles. The number of ether oxygens (including phenoxy) is 1. The Hall–Kier alpha value is -2.28. The Morgan fingerprint density at radius 1 is 1.12 bits per heavy atom. The number of amides is 1. The molecule has 1 amide bonds. The third-order valence-electron chi connectivity index (χ3n) is 3.81. The lowest BCUT2D eigenvalue weighted by Gasteiger charge is -2.21. The van der Waals surface area contributed by atoms with Gasteiger partial charge in [-0.3, -0.25) is 4.79 Å². The number of carbonyl (C=O) groups is 1. The summed E-state index contributed by atoms with van der Waals surface area (Å²) in [6.45, 7) is 0. The fourth-order valence-electron chi connectivity index (χ4n) is 2.67. The zero-order valence-corrected chi connectivity index (χ0v) is 12.9. The number of carbonyl (C=O) groups excluding carboxylic acids is 1. The van der Waals surface area contributed by atoms with E-state index in [0.717, 1.165) is 12.1 Å². The summed E-state index contributed by atoms with van der Waals surface area (Å²) < 4.78 is 59.1. The van der Waals surface area contributed by atoms with Crippen molar-refractivity contribution < 1.29 is 27.1 Å². The van der Waals surface area contributed by atoms with E-state index in [0.29, 0.717) is 6.07 Å². The van der Waals surface area contributed by atoms with Crippen LogP contribution in [-0.4, -0.2) is 13.0 Å². The van der Waals surface area contributed by atoms with Gasteiger partial charge in [0, 0.05) is 21.8 Å². The van der Waals surface area contributed by atoms with E-state index in [1.807, 2.05) is 0 Å². The summed E-state index contributed by atoms with van der Waals surface area (Å²) in [5.74, 6) is -1.04. The molecule has 0 aromatic heterocycles. The third-order valence-corrected chi connectivity index (χ3v) is 4.05. The van der Waals surface area contributed by atoms with Gasteiger partial charge in [-0.2, -0.15) is 13.2 Å². The van der Waals surface area contributed by atoms with Gasteiger partial charge in [0.1, 0.15) is 5.75 Å². The van der Waals surface area contributed by atoms with E-state index in [1.165, 1.54) is 25.3 Å². The number of hydrogen-bond acceptors (Lipinski definition) is 2. The summed E-state index contributed by atoms with van der Waals surface area (Å²) in [7, 11) is 1.29. The number of methoxy groups -OCH3 is 1. The first-order chi connectivity index (χ1) is 11.2. The monoisotopic (exact) mass is 359 g/mol. The van der Waals surface area contributed by atoms with Crippen molar-refractivity contribution >= 4 is 23.2 Å². The Kier molecular flexibility index (Phi) is 3.71. The van der Waals surface area contributed by atoms with E-state index in [-0.39, 0.29) is 27.6 Å². The molecule has 8 heteroatoms. The second-order valence-corrected chi connectivity index (χ2v) is 5.65. The first-order valence-corrected chi connectivity index (χ1v) is 7.12. The number of alkyl halides is 4. The molecule has 24 heavy (non-hydrogen) atoms. The molecule has 3 nitrogen and oxygen atoms in total. The molecule has 0 fully saturated rings. The molecule has 0 saturated heterocycles. The van der Waals surface area contributed by atoms with Crippen molar-refractivity contribution in [2.75, 3.05) is 12.4 Å². The van der Waals surface area contributed by atoms with Crippen LogP contribution in [0, 0.1) is 0 Å². The van der Waals surface area contributed by atoms with Crippen molar-refractivity contribution in [1.82, 2.24) is 0 Å². The van der Waals surface area contributed by atoms with Crippen LogP contribution in [0.4, 0.5) is 23.2 Å². The molecule has 0 saturated carbocycles. The van der Waals surface area contributed by atoms with Gasteiger partial charge in [-0.15, -0.1) is 0 Å². The lowest BCUT2D eigenvalue weighted by molar-refractivity contribution is -0.137. The molecular formula is C16H10ClF4NO2. The number of hydrogen-bond donors (Lipinski definition) is 1. The van der Waals surface area contributed by atoms with Gasteiger partial charge in [0.05, 0.1) is 12.7 Å². The van der Waals surface area contributed by atoms with Gasteiger partial charge in [0.25, 0.3) is 5.91 Å². The van der Waals surface area contributed by atoms with Crippen LogP contribution in [0.3, 0.4) is 0 Å². The highest BCUT2D eigenvalue weighted by Gasteiger charge is 2.51. The lowest BCUT2D eigenvalue weighted by Crippen LogP contribution is -2.31. The highest BCUT2D eigenvalue weighted by atomic mass is 35.5. The molecular weight excluding hydrogens is 350 g/mol. The van der Waals surface area contributed by atoms with Gasteiger partial charge in [0.15, 0.2) is 0 Å². The molecule has 0 unspecified atom stereocenters. The van der Waals surface area contributed by atoms with Gasteiger partial charge < -0.3 is 10.1 Å². The number of fused-ring (bicyclic) bond motifs is 1. The zero-order valence-electron chi connectivity index (χ0n) is 12.2. The van der Waals surface area contributed by atoms with Crippen LogP contribution in [0.1, 0.15) is 16.7 Å². The largest absolute Gasteiger partial charge is 0.496 e. The number of rotatable bonds is 2. The Bertz CT molecular complexity index is 837. The van der Waals surface area contributed by atoms with Crippen molar-refractivity contribution in [2.45, 2.75) is 11.8 Å². The van der Waals surface area contributed by atoms with Gasteiger partial charge in [0.2, 0.25) is 5.67 Å². The van der Waals surface area contributed by atoms with Crippen LogP contribution in [0.5, 0.6) is 5.75 Å². The van der Waals surface area contributed by atoms with Gasteiger partial charge in [-0.25, -0.2) is 4.39 Å². The zero-order chi connectivity index (χ0) is 17.7. The summed E-state index contributed by atoms with van der Waals surface area (Å²) in [5.41, 5.74) is -4.31. The van der Waals surface area contributed by atoms with Gasteiger partial charge in [-0.05, 0) is 30.3 Å². The number of nitrogens with one attached hydrogen (secondary N) is 1. The van der Waals surface area contributed by atoms with Gasteiger partial charge >= 0.3 is 6.18 Å². The standard InChI is InChI=1S/C16H10ClF4NO2/c1-24-13-5-3-9(17)7-11(13)15(18)10-4-2-8(16(19,20)21)6-12(10)22-14(15)23/h2-7H,1H3,(H,22,23)/t15-/m1/s1. The molecule has 1 atom stereocenters. The molecule has 2 aromatic rings. The van der Waals surface area contributed by atoms with Crippen molar-refractivity contribution in [2.24, 2.45) is 0 Å². The van der Waals surface area contributed by atoms with Crippen LogP contribution < -0.4 is 10.1 Å². The predicted octanol–water partition coefficient (Wildman–Crippen LogP) is 4.53. The molecule has 1 aliphatic heterocycles. The second-order valence-electron chi connectivity index (χ2n) is 5.22. The first kappa shape index (κ1) is 16.6. The van der Waals surface area contributed by atoms with Crippen LogP contribution in [0.25, 0.3) is 0 Å². The van der Waals surface area contributed by atoms with Crippen LogP contribution in [0.15, 0.2) is 36.4 Å². The van der Waals surface area contributed by atoms with Crippen molar-refractivity contribution in [3.05, 3.63) is 58.1 Å². The third kappa shape index (κ3) is 2.39. The van der Waals surface area contributed by atoms with Crippen LogP contribution in [-0.2, 0) is 16.6 Å². The quantitative estimate of drug-likeness (QED) is 0.800. The average molecular weight is 360 g/mol. The smallest absolute Gasteiger partial charge is 0.416 e. The summed E-state index contributed by atoms with van der Waals surface area (Å²) in [6.07, 6.45) is -4.60. The van der Waals surface area contributed by atoms with E-state index in [9.17, 15) is 18.0 Å². The Balaban J connectivity index is 2.21. The van der Waals surface area contributed by atoms with E-state index in [4.69, 9.17) is 16.3 Å². The molecule has 1 aliphatic rings. The Morgan fingerprint density at radius 2 is 1.83 bits per heavy atom. The van der Waals surface area contributed by atoms with Crippen molar-refractivity contribution in [3.8, 4) is 5.75 Å². The summed E-state index contributed by atoms with van der Waals surface area (Å²) in [5, 5.41) is 2.32. The summed E-state index contributed by atoms with van der Waals surface area (Å²) in [4.78, 5) is 12.2. The molecule has 2 aromatic carbocycles. The minimum absolute atomic E-state index is 0.0600. The van der Waals surface area contributed by atoms with E-state index in [1.54, 1.807) is 0 Å². The number of anilines is 1. The Labute approximate surface area is 139 Å². The van der Waals surface area contributed by atoms with Crippen molar-refractivity contribution in [1.29, 1.82) is 0 Å². The Morgan fingerprint density at radius 3 is 2.46 bits per heavy atom. The maximum absolute atomic E-state index is 15.7. The minimum atomic E-state index is -4.60. The lowest BCUT2D eigenvalue weighted by atomic mass is 9.88. The molecule has 126 valence electrons. The predicted molar refractivity (Wildman–Crippen MR) is 80.0 cm³/mol. The topological polar surface area (TPSA) is 38.3 Å². The average Bonchev–Trinajstić information content (AvgIpc) is 2.78. The highest BCUT2D eigenvalue weighted by Crippen LogP contribution is 2.48. The first-order valence-electron chi connectivity index (χ1n) is 6.74. The molecule has 1 heterocycles. The molecule has 0 spiro atoms. The van der Waals surface area contributed by atoms with Crippen LogP contribution >= 0.6 is 11.6 Å². The van der Waals surface area contributed by atoms with E-state index >= 15 is 4.39 Å². The fourth-order valence-corrected chi connectivity index (χ4v) is 2.84. The second kappa shape index (κ2) is 5.37. The maximum atomic E-state index is 15.7. The molecule has 1 N–H and O–H groups in total. The number of halogens is 5. The molecule has 0 radical (unpaired) electrons. The normalized spacial score (nSPS) is 19.8. The molecule has 0 bridgehead atoms. The van der Waals surface area contributed by atoms with E-state index < -0.39 is 23.3 Å². The fraction of sp³-hybridized carbons (Fsp3) is 0.188. The number of benzene rings is 2. The summed E-state index contributed by atoms with van der Waals surface area (Å²) in [6, 6.07) is 6.42. The van der Waals surface area contributed by atoms with Crippen LogP contribution in [0.2, 0.25) is 5.02 Å². The SMILES string of the molecule is COc1ccc(Cl)cc1[C@@]1(F)C(=O)Nc2cc(C(F)(F)F)ccc21. The van der Waals surface area contributed by atoms with Gasteiger partial charge in [-0.1, -0.05) is 17.7 Å². The highest BCUT2D eigenvalue weighted by molar-refractivity contribution is 6.30. The van der Waals surface area contributed by atoms with Crippen molar-refractivity contribution in [3.63, 3.8) is 0 Å². The molecule has 3 rings (SSSR count). The summed E-state index contributed by atoms with van der Waals surface area (Å²) >= 11 is 5.87. The minimum Gasteiger partial charge on any atom is -0.496 e. The van der Waals surface area contributed by atoms with E-state index in [2.05, 4.69) is 5.32 Å².